The van der Waals surface area contributed by atoms with Crippen LogP contribution in [0, 0.1) is 0 Å². The van der Waals surface area contributed by atoms with Gasteiger partial charge in [0.1, 0.15) is 0 Å². The Bertz CT molecular complexity index is 782. The number of likely N-dealkylation sites (tertiary alicyclic amines) is 1. The number of amides is 2. The number of rotatable bonds is 7. The van der Waals surface area contributed by atoms with E-state index in [1.165, 1.54) is 11.1 Å². The van der Waals surface area contributed by atoms with Gasteiger partial charge >= 0.3 is 11.8 Å². The smallest absolute Gasteiger partial charge is 0.313 e. The number of carbonyl (C=O) groups is 2. The van der Waals surface area contributed by atoms with Gasteiger partial charge in [0.05, 0.1) is 0 Å². The van der Waals surface area contributed by atoms with Crippen LogP contribution in [-0.2, 0) is 22.6 Å². The standard InChI is InChI=1S/C24H31N3O2/c1-2-3-7-19-10-12-21(13-11-19)25-23(28)24(29)26-22-14-16-27(17-15-22)18-20-8-5-4-6-9-20/h4-6,8-13,22H,2-3,7,14-18H2,1H3,(H,25,28)(H,26,29). The number of hydrogen-bond donors (Lipinski definition) is 2. The number of piperidine rings is 1. The van der Waals surface area contributed by atoms with Crippen LogP contribution in [-0.4, -0.2) is 35.8 Å². The molecular formula is C24H31N3O2. The van der Waals surface area contributed by atoms with E-state index in [1.54, 1.807) is 0 Å². The molecule has 2 amide bonds. The maximum absolute atomic E-state index is 12.3. The fourth-order valence-electron chi connectivity index (χ4n) is 3.65. The van der Waals surface area contributed by atoms with Crippen molar-refractivity contribution in [2.75, 3.05) is 18.4 Å². The monoisotopic (exact) mass is 393 g/mol. The summed E-state index contributed by atoms with van der Waals surface area (Å²) in [6, 6.07) is 18.2. The van der Waals surface area contributed by atoms with Crippen molar-refractivity contribution in [2.45, 2.75) is 51.6 Å². The molecule has 0 atom stereocenters. The lowest BCUT2D eigenvalue weighted by molar-refractivity contribution is -0.136. The molecule has 2 aromatic rings. The van der Waals surface area contributed by atoms with Crippen LogP contribution < -0.4 is 10.6 Å². The lowest BCUT2D eigenvalue weighted by Gasteiger charge is -2.32. The molecule has 1 saturated heterocycles. The molecule has 2 N–H and O–H groups in total. The third-order valence-corrected chi connectivity index (χ3v) is 5.41. The van der Waals surface area contributed by atoms with E-state index in [0.29, 0.717) is 5.69 Å². The number of nitrogens with zero attached hydrogens (tertiary/aromatic N) is 1. The average Bonchev–Trinajstić information content (AvgIpc) is 2.75. The lowest BCUT2D eigenvalue weighted by atomic mass is 10.0. The zero-order valence-electron chi connectivity index (χ0n) is 17.2. The minimum Gasteiger partial charge on any atom is -0.345 e. The Balaban J connectivity index is 1.40. The van der Waals surface area contributed by atoms with Crippen molar-refractivity contribution in [1.29, 1.82) is 0 Å². The number of nitrogens with one attached hydrogen (secondary N) is 2. The van der Waals surface area contributed by atoms with Gasteiger partial charge in [0.15, 0.2) is 0 Å². The summed E-state index contributed by atoms with van der Waals surface area (Å²) in [6.45, 7) is 4.93. The summed E-state index contributed by atoms with van der Waals surface area (Å²) in [4.78, 5) is 26.9. The van der Waals surface area contributed by atoms with Crippen LogP contribution in [0.15, 0.2) is 54.6 Å². The first-order valence-corrected chi connectivity index (χ1v) is 10.6. The molecule has 0 spiro atoms. The largest absolute Gasteiger partial charge is 0.345 e. The van der Waals surface area contributed by atoms with Gasteiger partial charge in [0.25, 0.3) is 0 Å². The number of aryl methyl sites for hydroxylation is 1. The summed E-state index contributed by atoms with van der Waals surface area (Å²) in [5, 5.41) is 5.58. The minimum atomic E-state index is -0.599. The Morgan fingerprint density at radius 3 is 2.28 bits per heavy atom. The summed E-state index contributed by atoms with van der Waals surface area (Å²) in [5.74, 6) is -1.15. The summed E-state index contributed by atoms with van der Waals surface area (Å²) < 4.78 is 0. The van der Waals surface area contributed by atoms with Crippen LogP contribution in [0.2, 0.25) is 0 Å². The van der Waals surface area contributed by atoms with Crippen LogP contribution in [0.3, 0.4) is 0 Å². The molecule has 2 aromatic carbocycles. The van der Waals surface area contributed by atoms with Crippen LogP contribution in [0.4, 0.5) is 5.69 Å². The third kappa shape index (κ3) is 6.71. The number of carbonyl (C=O) groups excluding carboxylic acids is 2. The molecule has 0 aromatic heterocycles. The van der Waals surface area contributed by atoms with Crippen molar-refractivity contribution < 1.29 is 9.59 Å². The number of anilines is 1. The Labute approximate surface area is 173 Å². The minimum absolute atomic E-state index is 0.0525. The molecule has 0 unspecified atom stereocenters. The van der Waals surface area contributed by atoms with Crippen LogP contribution in [0.5, 0.6) is 0 Å². The maximum atomic E-state index is 12.3. The van der Waals surface area contributed by atoms with Gasteiger partial charge in [0.2, 0.25) is 0 Å². The second-order valence-electron chi connectivity index (χ2n) is 7.76. The van der Waals surface area contributed by atoms with E-state index in [0.717, 1.165) is 51.7 Å². The predicted molar refractivity (Wildman–Crippen MR) is 117 cm³/mol. The van der Waals surface area contributed by atoms with Gasteiger partial charge in [-0.05, 0) is 48.9 Å². The Hall–Kier alpha value is -2.66. The maximum Gasteiger partial charge on any atom is 0.313 e. The molecule has 1 heterocycles. The lowest BCUT2D eigenvalue weighted by Crippen LogP contribution is -2.47. The second kappa shape index (κ2) is 10.8. The molecule has 0 aliphatic carbocycles. The molecule has 0 saturated carbocycles. The highest BCUT2D eigenvalue weighted by Gasteiger charge is 2.23. The summed E-state index contributed by atoms with van der Waals surface area (Å²) >= 11 is 0. The van der Waals surface area contributed by atoms with E-state index in [2.05, 4.69) is 46.7 Å². The molecule has 1 fully saturated rings. The van der Waals surface area contributed by atoms with Gasteiger partial charge in [-0.25, -0.2) is 0 Å². The van der Waals surface area contributed by atoms with Crippen molar-refractivity contribution in [2.24, 2.45) is 0 Å². The van der Waals surface area contributed by atoms with E-state index < -0.39 is 11.8 Å². The van der Waals surface area contributed by atoms with Gasteiger partial charge in [-0.3, -0.25) is 14.5 Å². The zero-order chi connectivity index (χ0) is 20.5. The van der Waals surface area contributed by atoms with Gasteiger partial charge in [-0.2, -0.15) is 0 Å². The molecule has 0 bridgehead atoms. The van der Waals surface area contributed by atoms with Crippen LogP contribution in [0.25, 0.3) is 0 Å². The molecule has 0 radical (unpaired) electrons. The SMILES string of the molecule is CCCCc1ccc(NC(=O)C(=O)NC2CCN(Cc3ccccc3)CC2)cc1. The fourth-order valence-corrected chi connectivity index (χ4v) is 3.65. The number of unbranched alkanes of at least 4 members (excludes halogenated alkanes) is 1. The van der Waals surface area contributed by atoms with Crippen molar-refractivity contribution in [1.82, 2.24) is 10.2 Å². The highest BCUT2D eigenvalue weighted by Crippen LogP contribution is 2.15. The zero-order valence-corrected chi connectivity index (χ0v) is 17.2. The molecular weight excluding hydrogens is 362 g/mol. The number of hydrogen-bond acceptors (Lipinski definition) is 3. The fraction of sp³-hybridized carbons (Fsp3) is 0.417. The predicted octanol–water partition coefficient (Wildman–Crippen LogP) is 3.75. The van der Waals surface area contributed by atoms with E-state index in [4.69, 9.17) is 0 Å². The van der Waals surface area contributed by atoms with E-state index in [-0.39, 0.29) is 6.04 Å². The Morgan fingerprint density at radius 1 is 0.931 bits per heavy atom. The molecule has 29 heavy (non-hydrogen) atoms. The topological polar surface area (TPSA) is 61.4 Å². The van der Waals surface area contributed by atoms with Crippen LogP contribution in [0.1, 0.15) is 43.7 Å². The molecule has 1 aliphatic heterocycles. The molecule has 154 valence electrons. The molecule has 1 aliphatic rings. The Morgan fingerprint density at radius 2 is 1.62 bits per heavy atom. The van der Waals surface area contributed by atoms with E-state index in [1.807, 2.05) is 30.3 Å². The summed E-state index contributed by atoms with van der Waals surface area (Å²) in [6.07, 6.45) is 5.06. The first-order chi connectivity index (χ1) is 14.1. The van der Waals surface area contributed by atoms with Crippen LogP contribution >= 0.6 is 0 Å². The molecule has 5 nitrogen and oxygen atoms in total. The van der Waals surface area contributed by atoms with E-state index in [9.17, 15) is 9.59 Å². The first kappa shape index (κ1) is 21.1. The van der Waals surface area contributed by atoms with E-state index >= 15 is 0 Å². The summed E-state index contributed by atoms with van der Waals surface area (Å²) in [5.41, 5.74) is 3.20. The van der Waals surface area contributed by atoms with Gasteiger partial charge in [0, 0.05) is 31.4 Å². The normalized spacial score (nSPS) is 15.1. The van der Waals surface area contributed by atoms with Crippen molar-refractivity contribution in [3.8, 4) is 0 Å². The van der Waals surface area contributed by atoms with Gasteiger partial charge in [-0.1, -0.05) is 55.8 Å². The second-order valence-corrected chi connectivity index (χ2v) is 7.76. The third-order valence-electron chi connectivity index (χ3n) is 5.41. The van der Waals surface area contributed by atoms with Gasteiger partial charge < -0.3 is 10.6 Å². The molecule has 3 rings (SSSR count). The van der Waals surface area contributed by atoms with Gasteiger partial charge in [-0.15, -0.1) is 0 Å². The van der Waals surface area contributed by atoms with Crippen molar-refractivity contribution >= 4 is 17.5 Å². The quantitative estimate of drug-likeness (QED) is 0.705. The first-order valence-electron chi connectivity index (χ1n) is 10.6. The van der Waals surface area contributed by atoms with Crippen molar-refractivity contribution in [3.05, 3.63) is 65.7 Å². The average molecular weight is 394 g/mol. The highest BCUT2D eigenvalue weighted by molar-refractivity contribution is 6.39. The molecule has 5 heteroatoms. The summed E-state index contributed by atoms with van der Waals surface area (Å²) in [7, 11) is 0. The van der Waals surface area contributed by atoms with Crippen molar-refractivity contribution in [3.63, 3.8) is 0 Å². The number of benzene rings is 2. The Kier molecular flexibility index (Phi) is 7.82. The highest BCUT2D eigenvalue weighted by atomic mass is 16.2.